The third-order valence-corrected chi connectivity index (χ3v) is 3.04. The molecule has 8 nitrogen and oxygen atoms in total. The summed E-state index contributed by atoms with van der Waals surface area (Å²) in [4.78, 5) is 46.3. The summed E-state index contributed by atoms with van der Waals surface area (Å²) >= 11 is 0. The first-order valence-electron chi connectivity index (χ1n) is 7.34. The molecule has 0 fully saturated rings. The van der Waals surface area contributed by atoms with E-state index in [0.717, 1.165) is 0 Å². The van der Waals surface area contributed by atoms with Crippen molar-refractivity contribution in [2.24, 2.45) is 5.92 Å². The van der Waals surface area contributed by atoms with E-state index in [-0.39, 0.29) is 11.7 Å². The molecule has 132 valence electrons. The van der Waals surface area contributed by atoms with E-state index < -0.39 is 48.4 Å². The van der Waals surface area contributed by atoms with Crippen LogP contribution in [-0.4, -0.2) is 51.6 Å². The van der Waals surface area contributed by atoms with Crippen LogP contribution in [0.5, 0.6) is 0 Å². The summed E-state index contributed by atoms with van der Waals surface area (Å²) in [5.74, 6) is -3.91. The Hall–Kier alpha value is -1.96. The summed E-state index contributed by atoms with van der Waals surface area (Å²) in [6.07, 6.45) is -2.36. The second-order valence-corrected chi connectivity index (χ2v) is 6.13. The minimum atomic E-state index is -2.49. The largest absolute Gasteiger partial charge is 0.481 e. The number of ether oxygens (including phenoxy) is 1. The van der Waals surface area contributed by atoms with Gasteiger partial charge in [-0.3, -0.25) is 14.4 Å². The first-order valence-corrected chi connectivity index (χ1v) is 7.34. The van der Waals surface area contributed by atoms with Gasteiger partial charge < -0.3 is 20.3 Å². The van der Waals surface area contributed by atoms with E-state index in [4.69, 9.17) is 9.84 Å². The van der Waals surface area contributed by atoms with Gasteiger partial charge in [-0.15, -0.1) is 0 Å². The van der Waals surface area contributed by atoms with Crippen molar-refractivity contribution >= 4 is 23.6 Å². The third-order valence-electron chi connectivity index (χ3n) is 3.04. The first-order chi connectivity index (χ1) is 10.4. The highest BCUT2D eigenvalue weighted by Crippen LogP contribution is 2.19. The zero-order valence-electron chi connectivity index (χ0n) is 14.1. The number of hydrogen-bond donors (Lipinski definition) is 3. The number of Topliss-reactive ketones (excluding diaryl/α,β-unsaturated/α-hetero) is 1. The number of ketones is 1. The molecule has 1 amide bonds. The number of aliphatic carboxylic acids is 1. The molecule has 0 aliphatic carbocycles. The fourth-order valence-corrected chi connectivity index (χ4v) is 2.01. The molecule has 0 rings (SSSR count). The van der Waals surface area contributed by atoms with Gasteiger partial charge in [-0.1, -0.05) is 13.8 Å². The lowest BCUT2D eigenvalue weighted by atomic mass is 9.94. The molecule has 0 saturated carbocycles. The van der Waals surface area contributed by atoms with E-state index in [9.17, 15) is 24.3 Å². The molecule has 8 heteroatoms. The highest BCUT2D eigenvalue weighted by Gasteiger charge is 2.43. The van der Waals surface area contributed by atoms with E-state index in [0.29, 0.717) is 0 Å². The summed E-state index contributed by atoms with van der Waals surface area (Å²) in [5, 5.41) is 21.5. The molecular formula is C15H25NO7. The van der Waals surface area contributed by atoms with Gasteiger partial charge in [-0.25, -0.2) is 4.79 Å². The van der Waals surface area contributed by atoms with Crippen LogP contribution in [0.2, 0.25) is 0 Å². The maximum Gasteiger partial charge on any atom is 0.339 e. The van der Waals surface area contributed by atoms with E-state index >= 15 is 0 Å². The Bertz CT molecular complexity index is 472. The van der Waals surface area contributed by atoms with Gasteiger partial charge in [-0.05, 0) is 26.7 Å². The highest BCUT2D eigenvalue weighted by molar-refractivity contribution is 5.93. The predicted octanol–water partition coefficient (Wildman–Crippen LogP) is 0.264. The maximum atomic E-state index is 12.0. The number of esters is 1. The number of amides is 1. The lowest BCUT2D eigenvalue weighted by molar-refractivity contribution is -0.176. The normalized spacial score (nSPS) is 15.0. The summed E-state index contributed by atoms with van der Waals surface area (Å²) in [5.41, 5.74) is -2.49. The zero-order valence-corrected chi connectivity index (χ0v) is 14.1. The number of rotatable bonds is 9. The van der Waals surface area contributed by atoms with Gasteiger partial charge in [0.2, 0.25) is 5.91 Å². The number of nitrogens with one attached hydrogen (secondary N) is 1. The van der Waals surface area contributed by atoms with Gasteiger partial charge in [0.1, 0.15) is 0 Å². The fourth-order valence-electron chi connectivity index (χ4n) is 2.01. The maximum absolute atomic E-state index is 12.0. The molecule has 0 unspecified atom stereocenters. The van der Waals surface area contributed by atoms with Crippen LogP contribution in [0.4, 0.5) is 0 Å². The van der Waals surface area contributed by atoms with Crippen LogP contribution in [0.15, 0.2) is 0 Å². The standard InChI is InChI=1S/C15H25NO7/c1-8(2)13(10(5)17)16-11(18)6-15(22,7-12(19)20)14(21)23-9(3)4/h8-9,13,22H,6-7H2,1-5H3,(H,16,18)(H,19,20)/t13-,15-/m0/s1. The van der Waals surface area contributed by atoms with Crippen LogP contribution < -0.4 is 5.32 Å². The first kappa shape index (κ1) is 21.0. The smallest absolute Gasteiger partial charge is 0.339 e. The van der Waals surface area contributed by atoms with Gasteiger partial charge in [0, 0.05) is 0 Å². The van der Waals surface area contributed by atoms with Gasteiger partial charge in [0.15, 0.2) is 11.4 Å². The average Bonchev–Trinajstić information content (AvgIpc) is 2.33. The van der Waals surface area contributed by atoms with Crippen molar-refractivity contribution in [2.75, 3.05) is 0 Å². The van der Waals surface area contributed by atoms with E-state index in [2.05, 4.69) is 5.32 Å². The molecule has 0 aromatic heterocycles. The average molecular weight is 331 g/mol. The third kappa shape index (κ3) is 7.23. The molecular weight excluding hydrogens is 306 g/mol. The van der Waals surface area contributed by atoms with Crippen LogP contribution in [0, 0.1) is 5.92 Å². The fraction of sp³-hybridized carbons (Fsp3) is 0.733. The molecule has 0 saturated heterocycles. The molecule has 0 aliphatic rings. The van der Waals surface area contributed by atoms with Crippen molar-refractivity contribution in [2.45, 2.75) is 65.2 Å². The van der Waals surface area contributed by atoms with E-state index in [1.807, 2.05) is 0 Å². The number of hydrogen-bond acceptors (Lipinski definition) is 6. The van der Waals surface area contributed by atoms with Gasteiger partial charge >= 0.3 is 11.9 Å². The van der Waals surface area contributed by atoms with E-state index in [1.165, 1.54) is 20.8 Å². The molecule has 0 aromatic rings. The Morgan fingerprint density at radius 2 is 1.61 bits per heavy atom. The summed E-state index contributed by atoms with van der Waals surface area (Å²) in [6.45, 7) is 7.82. The van der Waals surface area contributed by atoms with Crippen LogP contribution in [-0.2, 0) is 23.9 Å². The van der Waals surface area contributed by atoms with Crippen LogP contribution in [0.25, 0.3) is 0 Å². The minimum Gasteiger partial charge on any atom is -0.481 e. The van der Waals surface area contributed by atoms with Crippen LogP contribution >= 0.6 is 0 Å². The van der Waals surface area contributed by atoms with Gasteiger partial charge in [0.05, 0.1) is 25.0 Å². The SMILES string of the molecule is CC(=O)[C@@H](NC(=O)C[C@](O)(CC(=O)O)C(=O)OC(C)C)C(C)C. The van der Waals surface area contributed by atoms with Crippen molar-refractivity contribution in [3.05, 3.63) is 0 Å². The predicted molar refractivity (Wildman–Crippen MR) is 80.5 cm³/mol. The molecule has 0 spiro atoms. The molecule has 2 atom stereocenters. The zero-order chi connectivity index (χ0) is 18.4. The summed E-state index contributed by atoms with van der Waals surface area (Å²) in [7, 11) is 0. The van der Waals surface area contributed by atoms with Crippen LogP contribution in [0.3, 0.4) is 0 Å². The van der Waals surface area contributed by atoms with E-state index in [1.54, 1.807) is 13.8 Å². The second kappa shape index (κ2) is 8.61. The molecule has 0 radical (unpaired) electrons. The van der Waals surface area contributed by atoms with Crippen molar-refractivity contribution in [3.8, 4) is 0 Å². The second-order valence-electron chi connectivity index (χ2n) is 6.13. The van der Waals surface area contributed by atoms with Gasteiger partial charge in [0.25, 0.3) is 0 Å². The number of carbonyl (C=O) groups excluding carboxylic acids is 3. The molecule has 23 heavy (non-hydrogen) atoms. The molecule has 0 aromatic carbocycles. The molecule has 0 aliphatic heterocycles. The van der Waals surface area contributed by atoms with Crippen molar-refractivity contribution in [1.82, 2.24) is 5.32 Å². The molecule has 3 N–H and O–H groups in total. The number of aliphatic hydroxyl groups is 1. The number of carboxylic acids is 1. The Balaban J connectivity index is 5.15. The Morgan fingerprint density at radius 1 is 1.09 bits per heavy atom. The summed E-state index contributed by atoms with van der Waals surface area (Å²) < 4.78 is 4.82. The van der Waals surface area contributed by atoms with Crippen LogP contribution in [0.1, 0.15) is 47.5 Å². The monoisotopic (exact) mass is 331 g/mol. The lowest BCUT2D eigenvalue weighted by Crippen LogP contribution is -2.50. The number of carbonyl (C=O) groups is 4. The highest BCUT2D eigenvalue weighted by atomic mass is 16.6. The Labute approximate surface area is 135 Å². The minimum absolute atomic E-state index is 0.188. The van der Waals surface area contributed by atoms with Gasteiger partial charge in [-0.2, -0.15) is 0 Å². The van der Waals surface area contributed by atoms with Crippen molar-refractivity contribution in [3.63, 3.8) is 0 Å². The Kier molecular flexibility index (Phi) is 7.88. The lowest BCUT2D eigenvalue weighted by Gasteiger charge is -2.26. The topological polar surface area (TPSA) is 130 Å². The Morgan fingerprint density at radius 3 is 1.96 bits per heavy atom. The number of carboxylic acid groups (broad SMARTS) is 1. The quantitative estimate of drug-likeness (QED) is 0.517. The molecule has 0 heterocycles. The summed E-state index contributed by atoms with van der Waals surface area (Å²) in [6, 6.07) is -0.780. The molecule has 0 bridgehead atoms. The van der Waals surface area contributed by atoms with Crippen molar-refractivity contribution in [1.29, 1.82) is 0 Å². The van der Waals surface area contributed by atoms with Crippen molar-refractivity contribution < 1.29 is 34.1 Å².